The second-order valence-corrected chi connectivity index (χ2v) is 1.87. The van der Waals surface area contributed by atoms with E-state index in [2.05, 4.69) is 16.3 Å². The van der Waals surface area contributed by atoms with Gasteiger partial charge in [-0.3, -0.25) is 0 Å². The first kappa shape index (κ1) is 7.33. The van der Waals surface area contributed by atoms with E-state index in [9.17, 15) is 0 Å². The Bertz CT molecular complexity index is 286. The molecule has 0 fully saturated rings. The molecule has 2 aromatic rings. The van der Waals surface area contributed by atoms with Crippen LogP contribution < -0.4 is 0 Å². The molecule has 3 heteroatoms. The molecule has 50 valence electrons. The van der Waals surface area contributed by atoms with Gasteiger partial charge >= 0.3 is 0 Å². The first-order valence-electron chi connectivity index (χ1n) is 2.77. The fourth-order valence-corrected chi connectivity index (χ4v) is 0.825. The zero-order valence-corrected chi connectivity index (χ0v) is 6.44. The van der Waals surface area contributed by atoms with Crippen LogP contribution in [0.25, 0.3) is 11.0 Å². The number of benzene rings is 1. The minimum atomic E-state index is 0. The number of para-hydroxylation sites is 2. The van der Waals surface area contributed by atoms with Crippen LogP contribution in [0, 0.1) is 6.33 Å². The molecule has 0 radical (unpaired) electrons. The van der Waals surface area contributed by atoms with Gasteiger partial charge in [0.25, 0.3) is 0 Å². The molecule has 2 nitrogen and oxygen atoms in total. The molecule has 1 N–H and O–H groups in total. The molecule has 0 aliphatic carbocycles. The van der Waals surface area contributed by atoms with E-state index in [0.717, 1.165) is 11.0 Å². The fraction of sp³-hybridized carbons (Fsp3) is 0. The van der Waals surface area contributed by atoms with Crippen LogP contribution in [0.15, 0.2) is 24.3 Å². The van der Waals surface area contributed by atoms with Gasteiger partial charge in [0.05, 0.1) is 0 Å². The number of fused-ring (bicyclic) bond motifs is 1. The second kappa shape index (κ2) is 2.87. The minimum Gasteiger partial charge on any atom is -0.461 e. The van der Waals surface area contributed by atoms with Gasteiger partial charge in [-0.15, -0.1) is 12.1 Å². The summed E-state index contributed by atoms with van der Waals surface area (Å²) in [7, 11) is 0. The maximum absolute atomic E-state index is 3.94. The molecule has 10 heavy (non-hydrogen) atoms. The van der Waals surface area contributed by atoms with Gasteiger partial charge in [0.15, 0.2) is 0 Å². The molecule has 2 rings (SSSR count). The Kier molecular flexibility index (Phi) is 2.10. The van der Waals surface area contributed by atoms with E-state index in [0.29, 0.717) is 0 Å². The summed E-state index contributed by atoms with van der Waals surface area (Å²) in [4.78, 5) is 6.82. The molecule has 1 heterocycles. The summed E-state index contributed by atoms with van der Waals surface area (Å²) in [5, 5.41) is 0. The summed E-state index contributed by atoms with van der Waals surface area (Å²) >= 11 is 0. The Morgan fingerprint density at radius 1 is 1.30 bits per heavy atom. The van der Waals surface area contributed by atoms with E-state index in [-0.39, 0.29) is 17.4 Å². The van der Waals surface area contributed by atoms with E-state index in [1.807, 2.05) is 24.3 Å². The predicted molar refractivity (Wildman–Crippen MR) is 34.9 cm³/mol. The van der Waals surface area contributed by atoms with Crippen LogP contribution in [-0.4, -0.2) is 9.97 Å². The van der Waals surface area contributed by atoms with Crippen LogP contribution in [0.1, 0.15) is 0 Å². The fourth-order valence-electron chi connectivity index (χ4n) is 0.825. The first-order chi connectivity index (χ1) is 4.47. The number of nitrogens with one attached hydrogen (secondary N) is 1. The molecule has 0 aliphatic rings. The van der Waals surface area contributed by atoms with Crippen LogP contribution in [-0.2, 0) is 17.4 Å². The topological polar surface area (TPSA) is 28.7 Å². The van der Waals surface area contributed by atoms with E-state index >= 15 is 0 Å². The van der Waals surface area contributed by atoms with Crippen LogP contribution in [0.4, 0.5) is 0 Å². The van der Waals surface area contributed by atoms with E-state index in [1.54, 1.807) is 0 Å². The Morgan fingerprint density at radius 3 is 2.90 bits per heavy atom. The molecule has 0 bridgehead atoms. The first-order valence-corrected chi connectivity index (χ1v) is 2.77. The molecule has 0 unspecified atom stereocenters. The Balaban J connectivity index is 0.000000500. The molecule has 0 saturated carbocycles. The SMILES string of the molecule is [Cr].[c-]1nc2ccccc2[nH]1. The van der Waals surface area contributed by atoms with Gasteiger partial charge in [0, 0.05) is 17.4 Å². The molecule has 0 aliphatic heterocycles. The number of aromatic amines is 1. The number of aromatic nitrogens is 2. The molecule has 0 atom stereocenters. The van der Waals surface area contributed by atoms with Gasteiger partial charge in [0.1, 0.15) is 0 Å². The van der Waals surface area contributed by atoms with Crippen molar-refractivity contribution >= 4 is 11.0 Å². The zero-order valence-electron chi connectivity index (χ0n) is 5.16. The van der Waals surface area contributed by atoms with E-state index in [1.165, 1.54) is 0 Å². The summed E-state index contributed by atoms with van der Waals surface area (Å²) in [6.45, 7) is 0. The number of H-pyrrole nitrogens is 1. The number of hydrogen-bond donors (Lipinski definition) is 1. The number of rotatable bonds is 0. The van der Waals surface area contributed by atoms with Gasteiger partial charge in [-0.05, 0) is 6.33 Å². The van der Waals surface area contributed by atoms with Gasteiger partial charge < -0.3 is 9.97 Å². The molecule has 1 aromatic heterocycles. The van der Waals surface area contributed by atoms with Crippen LogP contribution in [0.2, 0.25) is 0 Å². The number of hydrogen-bond acceptors (Lipinski definition) is 1. The second-order valence-electron chi connectivity index (χ2n) is 1.87. The van der Waals surface area contributed by atoms with Crippen molar-refractivity contribution in [3.05, 3.63) is 30.6 Å². The summed E-state index contributed by atoms with van der Waals surface area (Å²) in [5.41, 5.74) is 2.01. The monoisotopic (exact) mass is 169 g/mol. The van der Waals surface area contributed by atoms with Crippen molar-refractivity contribution in [3.63, 3.8) is 0 Å². The molecule has 1 aromatic carbocycles. The standard InChI is InChI=1S/C7H5N2.Cr/c1-2-4-7-6(3-1)8-5-9-7;/h1-4H,(H,8,9);/q-1;. The van der Waals surface area contributed by atoms with Crippen molar-refractivity contribution in [1.29, 1.82) is 0 Å². The number of imidazole rings is 1. The van der Waals surface area contributed by atoms with Gasteiger partial charge in [-0.2, -0.15) is 0 Å². The van der Waals surface area contributed by atoms with E-state index in [4.69, 9.17) is 0 Å². The quantitative estimate of drug-likeness (QED) is 0.592. The smallest absolute Gasteiger partial charge is 0 e. The zero-order chi connectivity index (χ0) is 6.10. The van der Waals surface area contributed by atoms with Gasteiger partial charge in [0.2, 0.25) is 0 Å². The van der Waals surface area contributed by atoms with Crippen LogP contribution in [0.3, 0.4) is 0 Å². The largest absolute Gasteiger partial charge is 0.461 e. The summed E-state index contributed by atoms with van der Waals surface area (Å²) in [6, 6.07) is 7.84. The third kappa shape index (κ3) is 1.06. The maximum atomic E-state index is 3.94. The molecule has 0 spiro atoms. The van der Waals surface area contributed by atoms with Crippen molar-refractivity contribution in [3.8, 4) is 0 Å². The number of nitrogens with zero attached hydrogens (tertiary/aromatic N) is 1. The molecular formula is C7H5CrN2-. The minimum absolute atomic E-state index is 0. The van der Waals surface area contributed by atoms with Crippen molar-refractivity contribution < 1.29 is 17.4 Å². The van der Waals surface area contributed by atoms with Crippen molar-refractivity contribution in [1.82, 2.24) is 9.97 Å². The normalized spacial score (nSPS) is 9.20. The summed E-state index contributed by atoms with van der Waals surface area (Å²) in [6.07, 6.45) is 2.66. The Hall–Kier alpha value is -0.778. The third-order valence-corrected chi connectivity index (χ3v) is 1.27. The van der Waals surface area contributed by atoms with Crippen molar-refractivity contribution in [2.75, 3.05) is 0 Å². The van der Waals surface area contributed by atoms with Gasteiger partial charge in [-0.1, -0.05) is 23.2 Å². The maximum Gasteiger partial charge on any atom is 0 e. The van der Waals surface area contributed by atoms with Crippen molar-refractivity contribution in [2.24, 2.45) is 0 Å². The molecular weight excluding hydrogens is 164 g/mol. The van der Waals surface area contributed by atoms with Gasteiger partial charge in [-0.25, -0.2) is 0 Å². The average molecular weight is 169 g/mol. The van der Waals surface area contributed by atoms with Crippen molar-refractivity contribution in [2.45, 2.75) is 0 Å². The van der Waals surface area contributed by atoms with E-state index < -0.39 is 0 Å². The molecule has 0 saturated heterocycles. The third-order valence-electron chi connectivity index (χ3n) is 1.27. The average Bonchev–Trinajstić information content (AvgIpc) is 2.33. The summed E-state index contributed by atoms with van der Waals surface area (Å²) in [5.74, 6) is 0. The Morgan fingerprint density at radius 2 is 2.10 bits per heavy atom. The Labute approximate surface area is 69.4 Å². The van der Waals surface area contributed by atoms with Crippen LogP contribution in [0.5, 0.6) is 0 Å². The van der Waals surface area contributed by atoms with Crippen LogP contribution >= 0.6 is 0 Å². The predicted octanol–water partition coefficient (Wildman–Crippen LogP) is 1.36. The molecule has 0 amide bonds. The summed E-state index contributed by atoms with van der Waals surface area (Å²) < 4.78 is 0.